The highest BCUT2D eigenvalue weighted by molar-refractivity contribution is 5.74. The van der Waals surface area contributed by atoms with Crippen molar-refractivity contribution in [2.75, 3.05) is 13.2 Å². The molecular weight excluding hydrogens is 268 g/mol. The lowest BCUT2D eigenvalue weighted by Gasteiger charge is -2.18. The smallest absolute Gasteiger partial charge is 0.315 e. The van der Waals surface area contributed by atoms with E-state index >= 15 is 0 Å². The molecule has 1 aliphatic heterocycles. The molecule has 0 saturated heterocycles. The summed E-state index contributed by atoms with van der Waals surface area (Å²) in [4.78, 5) is 11.8. The lowest BCUT2D eigenvalue weighted by atomic mass is 10.1. The Hall–Kier alpha value is -1.91. The van der Waals surface area contributed by atoms with Gasteiger partial charge in [0.1, 0.15) is 0 Å². The summed E-state index contributed by atoms with van der Waals surface area (Å²) in [5, 5.41) is 5.78. The van der Waals surface area contributed by atoms with E-state index < -0.39 is 0 Å². The van der Waals surface area contributed by atoms with Gasteiger partial charge >= 0.3 is 6.03 Å². The molecule has 5 nitrogen and oxygen atoms in total. The van der Waals surface area contributed by atoms with E-state index in [1.807, 2.05) is 25.1 Å². The number of urea groups is 1. The van der Waals surface area contributed by atoms with Gasteiger partial charge < -0.3 is 20.1 Å². The second kappa shape index (κ2) is 7.20. The second-order valence-electron chi connectivity index (χ2n) is 5.69. The molecule has 5 heteroatoms. The minimum absolute atomic E-state index is 0.147. The van der Waals surface area contributed by atoms with Crippen molar-refractivity contribution >= 4 is 6.03 Å². The van der Waals surface area contributed by atoms with Gasteiger partial charge in [0.2, 0.25) is 0 Å². The van der Waals surface area contributed by atoms with Crippen LogP contribution in [0.1, 0.15) is 32.8 Å². The van der Waals surface area contributed by atoms with Gasteiger partial charge in [-0.15, -0.1) is 0 Å². The number of hydrogen-bond donors (Lipinski definition) is 2. The fourth-order valence-corrected chi connectivity index (χ4v) is 1.92. The minimum atomic E-state index is -0.150. The molecule has 1 aromatic rings. The highest BCUT2D eigenvalue weighted by Gasteiger charge is 2.12. The summed E-state index contributed by atoms with van der Waals surface area (Å²) in [6.07, 6.45) is 0.887. The zero-order chi connectivity index (χ0) is 15.2. The van der Waals surface area contributed by atoms with Gasteiger partial charge in [-0.3, -0.25) is 0 Å². The first-order valence-corrected chi connectivity index (χ1v) is 7.49. The molecule has 21 heavy (non-hydrogen) atoms. The molecule has 0 spiro atoms. The second-order valence-corrected chi connectivity index (χ2v) is 5.69. The molecule has 0 bridgehead atoms. The molecule has 0 fully saturated rings. The van der Waals surface area contributed by atoms with Crippen LogP contribution in [0.4, 0.5) is 4.79 Å². The molecular formula is C16H24N2O3. The van der Waals surface area contributed by atoms with Crippen LogP contribution in [-0.2, 0) is 6.54 Å². The summed E-state index contributed by atoms with van der Waals surface area (Å²) in [5.74, 6) is 1.94. The maximum Gasteiger partial charge on any atom is 0.315 e. The predicted molar refractivity (Wildman–Crippen MR) is 81.7 cm³/mol. The summed E-state index contributed by atoms with van der Waals surface area (Å²) < 4.78 is 11.2. The number of hydrogen-bond acceptors (Lipinski definition) is 3. The van der Waals surface area contributed by atoms with Crippen molar-refractivity contribution in [1.82, 2.24) is 10.6 Å². The predicted octanol–water partition coefficient (Wildman–Crippen LogP) is 2.69. The Labute approximate surface area is 126 Å². The van der Waals surface area contributed by atoms with Crippen molar-refractivity contribution in [1.29, 1.82) is 0 Å². The molecule has 1 unspecified atom stereocenters. The van der Waals surface area contributed by atoms with E-state index in [-0.39, 0.29) is 12.1 Å². The number of rotatable bonds is 4. The van der Waals surface area contributed by atoms with E-state index in [2.05, 4.69) is 24.5 Å². The molecule has 1 heterocycles. The average Bonchev–Trinajstić information content (AvgIpc) is 2.69. The van der Waals surface area contributed by atoms with Gasteiger partial charge in [0.25, 0.3) is 0 Å². The van der Waals surface area contributed by atoms with Crippen molar-refractivity contribution in [3.05, 3.63) is 23.8 Å². The third-order valence-corrected chi connectivity index (χ3v) is 3.62. The summed E-state index contributed by atoms with van der Waals surface area (Å²) in [6, 6.07) is 5.76. The topological polar surface area (TPSA) is 59.6 Å². The number of carbonyl (C=O) groups is 1. The number of fused-ring (bicyclic) bond motifs is 1. The minimum Gasteiger partial charge on any atom is -0.490 e. The Bertz CT molecular complexity index is 488. The third kappa shape index (κ3) is 4.55. The molecule has 1 atom stereocenters. The molecule has 1 aromatic carbocycles. The molecule has 116 valence electrons. The largest absolute Gasteiger partial charge is 0.490 e. The Morgan fingerprint density at radius 1 is 1.19 bits per heavy atom. The molecule has 2 rings (SSSR count). The Morgan fingerprint density at radius 3 is 2.62 bits per heavy atom. The van der Waals surface area contributed by atoms with Gasteiger partial charge in [0.15, 0.2) is 11.5 Å². The Balaban J connectivity index is 1.89. The number of amides is 2. The van der Waals surface area contributed by atoms with Crippen molar-refractivity contribution in [3.8, 4) is 11.5 Å². The van der Waals surface area contributed by atoms with Crippen LogP contribution in [0.3, 0.4) is 0 Å². The van der Waals surface area contributed by atoms with Gasteiger partial charge in [-0.2, -0.15) is 0 Å². The van der Waals surface area contributed by atoms with Crippen LogP contribution in [0.2, 0.25) is 0 Å². The highest BCUT2D eigenvalue weighted by atomic mass is 16.5. The van der Waals surface area contributed by atoms with Gasteiger partial charge in [-0.1, -0.05) is 19.9 Å². The highest BCUT2D eigenvalue weighted by Crippen LogP contribution is 2.30. The van der Waals surface area contributed by atoms with Crippen LogP contribution in [0.15, 0.2) is 18.2 Å². The number of nitrogens with one attached hydrogen (secondary N) is 2. The van der Waals surface area contributed by atoms with Gasteiger partial charge in [0, 0.05) is 19.0 Å². The summed E-state index contributed by atoms with van der Waals surface area (Å²) in [5.41, 5.74) is 0.992. The average molecular weight is 292 g/mol. The zero-order valence-electron chi connectivity index (χ0n) is 12.9. The van der Waals surface area contributed by atoms with E-state index in [9.17, 15) is 4.79 Å². The summed E-state index contributed by atoms with van der Waals surface area (Å²) in [7, 11) is 0. The third-order valence-electron chi connectivity index (χ3n) is 3.62. The number of carbonyl (C=O) groups excluding carboxylic acids is 1. The van der Waals surface area contributed by atoms with Crippen molar-refractivity contribution in [3.63, 3.8) is 0 Å². The van der Waals surface area contributed by atoms with Crippen molar-refractivity contribution < 1.29 is 14.3 Å². The van der Waals surface area contributed by atoms with E-state index in [1.54, 1.807) is 0 Å². The van der Waals surface area contributed by atoms with Gasteiger partial charge in [-0.05, 0) is 30.5 Å². The number of ether oxygens (including phenoxy) is 2. The van der Waals surface area contributed by atoms with E-state index in [0.29, 0.717) is 25.7 Å². The molecule has 2 N–H and O–H groups in total. The molecule has 0 aromatic heterocycles. The van der Waals surface area contributed by atoms with Crippen LogP contribution < -0.4 is 20.1 Å². The summed E-state index contributed by atoms with van der Waals surface area (Å²) >= 11 is 0. The van der Waals surface area contributed by atoms with E-state index in [4.69, 9.17) is 9.47 Å². The first kappa shape index (κ1) is 15.5. The summed E-state index contributed by atoms with van der Waals surface area (Å²) in [6.45, 7) is 7.96. The Morgan fingerprint density at radius 2 is 1.90 bits per heavy atom. The van der Waals surface area contributed by atoms with Crippen LogP contribution in [0, 0.1) is 5.92 Å². The normalized spacial score (nSPS) is 15.2. The van der Waals surface area contributed by atoms with Crippen LogP contribution in [0.25, 0.3) is 0 Å². The fraction of sp³-hybridized carbons (Fsp3) is 0.562. The van der Waals surface area contributed by atoms with Gasteiger partial charge in [-0.25, -0.2) is 4.79 Å². The standard InChI is InChI=1S/C16H24N2O3/c1-11(2)12(3)18-16(19)17-10-13-5-6-14-15(9-13)21-8-4-7-20-14/h5-6,9,11-12H,4,7-8,10H2,1-3H3,(H2,17,18,19). The molecule has 0 aliphatic carbocycles. The van der Waals surface area contributed by atoms with Crippen LogP contribution in [-0.4, -0.2) is 25.3 Å². The van der Waals surface area contributed by atoms with Crippen LogP contribution >= 0.6 is 0 Å². The van der Waals surface area contributed by atoms with Gasteiger partial charge in [0.05, 0.1) is 13.2 Å². The molecule has 1 aliphatic rings. The first-order valence-electron chi connectivity index (χ1n) is 7.49. The van der Waals surface area contributed by atoms with E-state index in [1.165, 1.54) is 0 Å². The Kier molecular flexibility index (Phi) is 5.31. The molecule has 0 saturated carbocycles. The lowest BCUT2D eigenvalue weighted by Crippen LogP contribution is -2.42. The van der Waals surface area contributed by atoms with Crippen molar-refractivity contribution in [2.45, 2.75) is 39.8 Å². The lowest BCUT2D eigenvalue weighted by molar-refractivity contribution is 0.234. The monoisotopic (exact) mass is 292 g/mol. The zero-order valence-corrected chi connectivity index (χ0v) is 12.9. The quantitative estimate of drug-likeness (QED) is 0.897. The maximum absolute atomic E-state index is 11.8. The molecule has 2 amide bonds. The maximum atomic E-state index is 11.8. The SMILES string of the molecule is CC(C)C(C)NC(=O)NCc1ccc2c(c1)OCCCO2. The van der Waals surface area contributed by atoms with Crippen LogP contribution in [0.5, 0.6) is 11.5 Å². The first-order chi connectivity index (χ1) is 10.1. The molecule has 0 radical (unpaired) electrons. The van der Waals surface area contributed by atoms with Crippen molar-refractivity contribution in [2.24, 2.45) is 5.92 Å². The van der Waals surface area contributed by atoms with E-state index in [0.717, 1.165) is 23.5 Å². The fourth-order valence-electron chi connectivity index (χ4n) is 1.92. The number of benzene rings is 1.